The Balaban J connectivity index is 1.96. The van der Waals surface area contributed by atoms with Gasteiger partial charge in [0.15, 0.2) is 0 Å². The minimum absolute atomic E-state index is 0.0572. The van der Waals surface area contributed by atoms with Gasteiger partial charge in [0.25, 0.3) is 0 Å². The van der Waals surface area contributed by atoms with Crippen LogP contribution in [0.25, 0.3) is 0 Å². The first kappa shape index (κ1) is 13.2. The standard InChI is InChI=1S/C13H17ClN2O2/c1-18-13(5-2-6-13)8-12(17)16-9-3-4-10(14)11(15)7-9/h3-4,7H,2,5-6,8,15H2,1H3,(H,16,17). The van der Waals surface area contributed by atoms with Gasteiger partial charge >= 0.3 is 0 Å². The highest BCUT2D eigenvalue weighted by molar-refractivity contribution is 6.33. The molecular formula is C13H17ClN2O2. The number of anilines is 2. The van der Waals surface area contributed by atoms with Crippen LogP contribution in [0.4, 0.5) is 11.4 Å². The fourth-order valence-electron chi connectivity index (χ4n) is 2.14. The molecule has 2 rings (SSSR count). The molecule has 98 valence electrons. The first-order chi connectivity index (χ1) is 8.54. The Morgan fingerprint density at radius 1 is 1.56 bits per heavy atom. The van der Waals surface area contributed by atoms with Crippen molar-refractivity contribution in [1.82, 2.24) is 0 Å². The van der Waals surface area contributed by atoms with E-state index in [0.717, 1.165) is 19.3 Å². The van der Waals surface area contributed by atoms with Crippen LogP contribution in [0.15, 0.2) is 18.2 Å². The molecule has 1 amide bonds. The van der Waals surface area contributed by atoms with E-state index < -0.39 is 0 Å². The van der Waals surface area contributed by atoms with Gasteiger partial charge in [-0.3, -0.25) is 4.79 Å². The molecule has 1 aromatic carbocycles. The molecule has 3 N–H and O–H groups in total. The second kappa shape index (κ2) is 5.16. The number of benzene rings is 1. The van der Waals surface area contributed by atoms with Crippen molar-refractivity contribution in [3.05, 3.63) is 23.2 Å². The van der Waals surface area contributed by atoms with E-state index in [0.29, 0.717) is 22.8 Å². The van der Waals surface area contributed by atoms with Gasteiger partial charge in [0.1, 0.15) is 0 Å². The van der Waals surface area contributed by atoms with Crippen molar-refractivity contribution in [2.45, 2.75) is 31.3 Å². The highest BCUT2D eigenvalue weighted by Gasteiger charge is 2.38. The van der Waals surface area contributed by atoms with Gasteiger partial charge in [-0.2, -0.15) is 0 Å². The van der Waals surface area contributed by atoms with Crippen LogP contribution < -0.4 is 11.1 Å². The molecule has 1 aliphatic rings. The smallest absolute Gasteiger partial charge is 0.227 e. The monoisotopic (exact) mass is 268 g/mol. The van der Waals surface area contributed by atoms with Crippen molar-refractivity contribution in [3.63, 3.8) is 0 Å². The van der Waals surface area contributed by atoms with Gasteiger partial charge in [0, 0.05) is 12.8 Å². The van der Waals surface area contributed by atoms with Gasteiger partial charge in [0.05, 0.1) is 22.7 Å². The van der Waals surface area contributed by atoms with E-state index in [1.165, 1.54) is 0 Å². The molecule has 0 spiro atoms. The van der Waals surface area contributed by atoms with Crippen molar-refractivity contribution in [2.24, 2.45) is 0 Å². The largest absolute Gasteiger partial charge is 0.397 e. The van der Waals surface area contributed by atoms with Crippen LogP contribution in [0.1, 0.15) is 25.7 Å². The fraction of sp³-hybridized carbons (Fsp3) is 0.462. The summed E-state index contributed by atoms with van der Waals surface area (Å²) in [5.41, 5.74) is 6.53. The number of nitrogens with one attached hydrogen (secondary N) is 1. The zero-order valence-corrected chi connectivity index (χ0v) is 11.1. The molecule has 0 saturated heterocycles. The molecule has 1 fully saturated rings. The van der Waals surface area contributed by atoms with E-state index in [1.807, 2.05) is 0 Å². The van der Waals surface area contributed by atoms with E-state index in [2.05, 4.69) is 5.32 Å². The van der Waals surface area contributed by atoms with E-state index >= 15 is 0 Å². The SMILES string of the molecule is COC1(CC(=O)Nc2ccc(Cl)c(N)c2)CCC1. The Morgan fingerprint density at radius 3 is 2.78 bits per heavy atom. The number of amides is 1. The van der Waals surface area contributed by atoms with Gasteiger partial charge in [0.2, 0.25) is 5.91 Å². The van der Waals surface area contributed by atoms with Crippen LogP contribution in [0.2, 0.25) is 5.02 Å². The Kier molecular flexibility index (Phi) is 3.78. The lowest BCUT2D eigenvalue weighted by Crippen LogP contribution is -2.42. The number of hydrogen-bond donors (Lipinski definition) is 2. The first-order valence-corrected chi connectivity index (χ1v) is 6.32. The number of hydrogen-bond acceptors (Lipinski definition) is 3. The van der Waals surface area contributed by atoms with Crippen LogP contribution in [0.5, 0.6) is 0 Å². The van der Waals surface area contributed by atoms with Crippen molar-refractivity contribution >= 4 is 28.9 Å². The number of carbonyl (C=O) groups is 1. The molecule has 0 bridgehead atoms. The summed E-state index contributed by atoms with van der Waals surface area (Å²) in [5, 5.41) is 3.30. The van der Waals surface area contributed by atoms with Crippen LogP contribution >= 0.6 is 11.6 Å². The topological polar surface area (TPSA) is 64.3 Å². The summed E-state index contributed by atoms with van der Waals surface area (Å²) in [6, 6.07) is 5.05. The van der Waals surface area contributed by atoms with Crippen molar-refractivity contribution in [2.75, 3.05) is 18.2 Å². The Hall–Kier alpha value is -1.26. The van der Waals surface area contributed by atoms with E-state index in [4.69, 9.17) is 22.1 Å². The van der Waals surface area contributed by atoms with Gasteiger partial charge in [-0.05, 0) is 37.5 Å². The van der Waals surface area contributed by atoms with E-state index in [1.54, 1.807) is 25.3 Å². The highest BCUT2D eigenvalue weighted by Crippen LogP contribution is 2.38. The summed E-state index contributed by atoms with van der Waals surface area (Å²) >= 11 is 5.82. The summed E-state index contributed by atoms with van der Waals surface area (Å²) in [5.74, 6) is -0.0572. The summed E-state index contributed by atoms with van der Waals surface area (Å²) in [6.45, 7) is 0. The second-order valence-corrected chi connectivity index (χ2v) is 5.11. The summed E-state index contributed by atoms with van der Waals surface area (Å²) in [6.07, 6.45) is 3.39. The molecule has 0 heterocycles. The average Bonchev–Trinajstić information content (AvgIpc) is 2.29. The average molecular weight is 269 g/mol. The quantitative estimate of drug-likeness (QED) is 0.826. The fourth-order valence-corrected chi connectivity index (χ4v) is 2.26. The molecule has 0 aromatic heterocycles. The number of rotatable bonds is 4. The predicted octanol–water partition coefficient (Wildman–Crippen LogP) is 2.82. The summed E-state index contributed by atoms with van der Waals surface area (Å²) in [4.78, 5) is 11.9. The molecule has 4 nitrogen and oxygen atoms in total. The molecule has 1 saturated carbocycles. The van der Waals surface area contributed by atoms with Crippen molar-refractivity contribution < 1.29 is 9.53 Å². The Bertz CT molecular complexity index is 453. The maximum absolute atomic E-state index is 11.9. The lowest BCUT2D eigenvalue weighted by molar-refractivity contribution is -0.129. The molecule has 1 aliphatic carbocycles. The molecule has 18 heavy (non-hydrogen) atoms. The molecule has 0 atom stereocenters. The predicted molar refractivity (Wildman–Crippen MR) is 72.7 cm³/mol. The molecular weight excluding hydrogens is 252 g/mol. The molecule has 5 heteroatoms. The van der Waals surface area contributed by atoms with Gasteiger partial charge in [-0.15, -0.1) is 0 Å². The third-order valence-electron chi connectivity index (χ3n) is 3.46. The van der Waals surface area contributed by atoms with E-state index in [-0.39, 0.29) is 11.5 Å². The number of methoxy groups -OCH3 is 1. The molecule has 0 unspecified atom stereocenters. The van der Waals surface area contributed by atoms with Gasteiger partial charge < -0.3 is 15.8 Å². The summed E-state index contributed by atoms with van der Waals surface area (Å²) < 4.78 is 5.42. The lowest BCUT2D eigenvalue weighted by Gasteiger charge is -2.39. The molecule has 0 aliphatic heterocycles. The third-order valence-corrected chi connectivity index (χ3v) is 3.80. The normalized spacial score (nSPS) is 17.0. The Morgan fingerprint density at radius 2 is 2.28 bits per heavy atom. The number of nitrogens with two attached hydrogens (primary N) is 1. The zero-order chi connectivity index (χ0) is 13.2. The first-order valence-electron chi connectivity index (χ1n) is 5.95. The van der Waals surface area contributed by atoms with Crippen LogP contribution in [-0.2, 0) is 9.53 Å². The third kappa shape index (κ3) is 2.76. The molecule has 0 radical (unpaired) electrons. The maximum Gasteiger partial charge on any atom is 0.227 e. The van der Waals surface area contributed by atoms with Crippen molar-refractivity contribution in [3.8, 4) is 0 Å². The zero-order valence-electron chi connectivity index (χ0n) is 10.3. The maximum atomic E-state index is 11.9. The van der Waals surface area contributed by atoms with Crippen LogP contribution in [0.3, 0.4) is 0 Å². The minimum atomic E-state index is -0.262. The van der Waals surface area contributed by atoms with Gasteiger partial charge in [-0.1, -0.05) is 11.6 Å². The minimum Gasteiger partial charge on any atom is -0.397 e. The number of ether oxygens (including phenoxy) is 1. The summed E-state index contributed by atoms with van der Waals surface area (Å²) in [7, 11) is 1.66. The second-order valence-electron chi connectivity index (χ2n) is 4.70. The lowest BCUT2D eigenvalue weighted by atomic mass is 9.77. The van der Waals surface area contributed by atoms with Crippen molar-refractivity contribution in [1.29, 1.82) is 0 Å². The highest BCUT2D eigenvalue weighted by atomic mass is 35.5. The number of nitrogen functional groups attached to an aromatic ring is 1. The van der Waals surface area contributed by atoms with Gasteiger partial charge in [-0.25, -0.2) is 0 Å². The van der Waals surface area contributed by atoms with Crippen LogP contribution in [0, 0.1) is 0 Å². The Labute approximate surface area is 111 Å². The molecule has 1 aromatic rings. The van der Waals surface area contributed by atoms with E-state index in [9.17, 15) is 4.79 Å². The number of halogens is 1. The van der Waals surface area contributed by atoms with Crippen LogP contribution in [-0.4, -0.2) is 18.6 Å². The number of carbonyl (C=O) groups excluding carboxylic acids is 1.